The summed E-state index contributed by atoms with van der Waals surface area (Å²) in [5.41, 5.74) is 0.728. The molecule has 4 heteroatoms. The highest BCUT2D eigenvalue weighted by Gasteiger charge is 2.24. The van der Waals surface area contributed by atoms with E-state index in [1.54, 1.807) is 12.3 Å². The van der Waals surface area contributed by atoms with Crippen LogP contribution in [0.4, 0.5) is 0 Å². The Labute approximate surface area is 105 Å². The second-order valence-electron chi connectivity index (χ2n) is 4.40. The van der Waals surface area contributed by atoms with Crippen molar-refractivity contribution in [2.45, 2.75) is 18.9 Å². The molecule has 4 nitrogen and oxygen atoms in total. The molecule has 0 spiro atoms. The predicted molar refractivity (Wildman–Crippen MR) is 68.4 cm³/mol. The molecule has 0 bridgehead atoms. The number of aromatic nitrogens is 1. The summed E-state index contributed by atoms with van der Waals surface area (Å²) < 4.78 is 5.45. The molecular weight excluding hydrogens is 228 g/mol. The molecule has 0 aliphatic carbocycles. The number of ether oxygens (including phenoxy) is 1. The molecule has 0 amide bonds. The summed E-state index contributed by atoms with van der Waals surface area (Å²) in [4.78, 5) is 16.2. The number of para-hydroxylation sites is 1. The highest BCUT2D eigenvalue weighted by atomic mass is 16.5. The number of nitrogens with one attached hydrogen (secondary N) is 1. The van der Waals surface area contributed by atoms with E-state index in [-0.39, 0.29) is 12.0 Å². The average Bonchev–Trinajstić information content (AvgIpc) is 2.93. The van der Waals surface area contributed by atoms with E-state index in [0.29, 0.717) is 5.75 Å². The molecule has 0 radical (unpaired) electrons. The summed E-state index contributed by atoms with van der Waals surface area (Å²) in [6, 6.07) is 9.24. The third-order valence-electron chi connectivity index (χ3n) is 3.15. The molecule has 1 N–H and O–H groups in total. The van der Waals surface area contributed by atoms with E-state index < -0.39 is 0 Å². The number of carbonyl (C=O) groups excluding carboxylic acids is 1. The minimum Gasteiger partial charge on any atom is -0.423 e. The zero-order chi connectivity index (χ0) is 12.4. The van der Waals surface area contributed by atoms with Crippen molar-refractivity contribution in [1.29, 1.82) is 0 Å². The van der Waals surface area contributed by atoms with Gasteiger partial charge >= 0.3 is 5.97 Å². The van der Waals surface area contributed by atoms with Crippen molar-refractivity contribution in [1.82, 2.24) is 10.3 Å². The molecule has 1 aromatic heterocycles. The van der Waals surface area contributed by atoms with Gasteiger partial charge in [0.25, 0.3) is 0 Å². The summed E-state index contributed by atoms with van der Waals surface area (Å²) in [7, 11) is 0. The van der Waals surface area contributed by atoms with Gasteiger partial charge in [0, 0.05) is 11.6 Å². The van der Waals surface area contributed by atoms with Gasteiger partial charge in [0.2, 0.25) is 0 Å². The number of benzene rings is 1. The molecule has 1 atom stereocenters. The largest absolute Gasteiger partial charge is 0.423 e. The van der Waals surface area contributed by atoms with Gasteiger partial charge in [-0.2, -0.15) is 0 Å². The molecule has 1 fully saturated rings. The van der Waals surface area contributed by atoms with E-state index in [1.165, 1.54) is 0 Å². The highest BCUT2D eigenvalue weighted by molar-refractivity contribution is 5.88. The fourth-order valence-electron chi connectivity index (χ4n) is 2.22. The number of nitrogens with zero attached hydrogens (tertiary/aromatic N) is 1. The Morgan fingerprint density at radius 3 is 3.06 bits per heavy atom. The molecule has 1 aliphatic rings. The van der Waals surface area contributed by atoms with Crippen LogP contribution in [0.15, 0.2) is 36.5 Å². The van der Waals surface area contributed by atoms with E-state index in [9.17, 15) is 4.79 Å². The van der Waals surface area contributed by atoms with Crippen LogP contribution in [-0.4, -0.2) is 23.5 Å². The summed E-state index contributed by atoms with van der Waals surface area (Å²) in [5, 5.41) is 4.10. The Balaban J connectivity index is 1.88. The Morgan fingerprint density at radius 1 is 1.33 bits per heavy atom. The zero-order valence-electron chi connectivity index (χ0n) is 9.93. The number of hydrogen-bond donors (Lipinski definition) is 1. The van der Waals surface area contributed by atoms with Crippen LogP contribution < -0.4 is 10.1 Å². The maximum Gasteiger partial charge on any atom is 0.328 e. The first-order chi connectivity index (χ1) is 8.84. The van der Waals surface area contributed by atoms with Crippen LogP contribution in [0.25, 0.3) is 10.9 Å². The molecule has 1 aromatic carbocycles. The second kappa shape index (κ2) is 4.74. The third-order valence-corrected chi connectivity index (χ3v) is 3.15. The topological polar surface area (TPSA) is 51.2 Å². The van der Waals surface area contributed by atoms with Gasteiger partial charge in [0.05, 0.1) is 0 Å². The minimum absolute atomic E-state index is 0.177. The van der Waals surface area contributed by atoms with Crippen LogP contribution in [0.2, 0.25) is 0 Å². The quantitative estimate of drug-likeness (QED) is 0.645. The Bertz CT molecular complexity index is 572. The molecule has 3 rings (SSSR count). The number of hydrogen-bond acceptors (Lipinski definition) is 4. The van der Waals surface area contributed by atoms with Crippen molar-refractivity contribution in [2.75, 3.05) is 6.54 Å². The Kier molecular flexibility index (Phi) is 2.94. The molecule has 2 heterocycles. The molecule has 1 aliphatic heterocycles. The van der Waals surface area contributed by atoms with E-state index in [2.05, 4.69) is 10.3 Å². The fourth-order valence-corrected chi connectivity index (χ4v) is 2.22. The number of pyridine rings is 1. The van der Waals surface area contributed by atoms with Gasteiger partial charge in [0.15, 0.2) is 5.75 Å². The van der Waals surface area contributed by atoms with Gasteiger partial charge < -0.3 is 10.1 Å². The summed E-state index contributed by atoms with van der Waals surface area (Å²) in [6.45, 7) is 0.882. The van der Waals surface area contributed by atoms with Gasteiger partial charge in [-0.25, -0.2) is 4.79 Å². The van der Waals surface area contributed by atoms with Crippen LogP contribution in [0.5, 0.6) is 5.75 Å². The monoisotopic (exact) mass is 242 g/mol. The molecule has 2 aromatic rings. The van der Waals surface area contributed by atoms with E-state index in [0.717, 1.165) is 30.3 Å². The van der Waals surface area contributed by atoms with Crippen molar-refractivity contribution in [3.63, 3.8) is 0 Å². The lowest BCUT2D eigenvalue weighted by atomic mass is 10.2. The van der Waals surface area contributed by atoms with Crippen molar-refractivity contribution >= 4 is 16.9 Å². The van der Waals surface area contributed by atoms with Crippen LogP contribution in [0.1, 0.15) is 12.8 Å². The van der Waals surface area contributed by atoms with Crippen molar-refractivity contribution in [3.05, 3.63) is 36.5 Å². The standard InChI is InChI=1S/C14H14N2O2/c17-14(11-6-3-8-15-11)18-12-7-1-4-10-5-2-9-16-13(10)12/h1-2,4-5,7,9,11,15H,3,6,8H2. The number of fused-ring (bicyclic) bond motifs is 1. The summed E-state index contributed by atoms with van der Waals surface area (Å²) >= 11 is 0. The maximum atomic E-state index is 11.9. The second-order valence-corrected chi connectivity index (χ2v) is 4.40. The van der Waals surface area contributed by atoms with Gasteiger partial charge in [-0.15, -0.1) is 0 Å². The molecule has 0 saturated carbocycles. The molecule has 1 unspecified atom stereocenters. The van der Waals surface area contributed by atoms with Crippen molar-refractivity contribution in [2.24, 2.45) is 0 Å². The van der Waals surface area contributed by atoms with Gasteiger partial charge in [-0.05, 0) is 31.5 Å². The third kappa shape index (κ3) is 2.07. The van der Waals surface area contributed by atoms with Crippen LogP contribution in [-0.2, 0) is 4.79 Å². The van der Waals surface area contributed by atoms with Gasteiger partial charge in [-0.3, -0.25) is 4.98 Å². The lowest BCUT2D eigenvalue weighted by Gasteiger charge is -2.11. The summed E-state index contributed by atoms with van der Waals surface area (Å²) in [5.74, 6) is 0.317. The van der Waals surface area contributed by atoms with Crippen molar-refractivity contribution < 1.29 is 9.53 Å². The number of rotatable bonds is 2. The smallest absolute Gasteiger partial charge is 0.328 e. The average molecular weight is 242 g/mol. The summed E-state index contributed by atoms with van der Waals surface area (Å²) in [6.07, 6.45) is 3.57. The van der Waals surface area contributed by atoms with Crippen LogP contribution >= 0.6 is 0 Å². The first kappa shape index (κ1) is 11.2. The van der Waals surface area contributed by atoms with Gasteiger partial charge in [0.1, 0.15) is 11.6 Å². The lowest BCUT2D eigenvalue weighted by Crippen LogP contribution is -2.34. The van der Waals surface area contributed by atoms with Gasteiger partial charge in [-0.1, -0.05) is 18.2 Å². The molecule has 92 valence electrons. The zero-order valence-corrected chi connectivity index (χ0v) is 9.93. The number of carbonyl (C=O) groups is 1. The predicted octanol–water partition coefficient (Wildman–Crippen LogP) is 1.89. The highest BCUT2D eigenvalue weighted by Crippen LogP contribution is 2.23. The van der Waals surface area contributed by atoms with E-state index in [1.807, 2.05) is 24.3 Å². The van der Waals surface area contributed by atoms with Crippen molar-refractivity contribution in [3.8, 4) is 5.75 Å². The van der Waals surface area contributed by atoms with Crippen LogP contribution in [0, 0.1) is 0 Å². The SMILES string of the molecule is O=C(Oc1cccc2cccnc12)C1CCCN1. The molecule has 1 saturated heterocycles. The normalized spacial score (nSPS) is 19.0. The Hall–Kier alpha value is -1.94. The van der Waals surface area contributed by atoms with E-state index >= 15 is 0 Å². The molecule has 18 heavy (non-hydrogen) atoms. The maximum absolute atomic E-state index is 11.9. The first-order valence-corrected chi connectivity index (χ1v) is 6.13. The fraction of sp³-hybridized carbons (Fsp3) is 0.286. The number of esters is 1. The first-order valence-electron chi connectivity index (χ1n) is 6.13. The molecular formula is C14H14N2O2. The Morgan fingerprint density at radius 2 is 2.22 bits per heavy atom. The van der Waals surface area contributed by atoms with Crippen LogP contribution in [0.3, 0.4) is 0 Å². The minimum atomic E-state index is -0.217. The van der Waals surface area contributed by atoms with E-state index in [4.69, 9.17) is 4.74 Å². The lowest BCUT2D eigenvalue weighted by molar-refractivity contribution is -0.136.